The molecule has 0 saturated carbocycles. The predicted molar refractivity (Wildman–Crippen MR) is 80.4 cm³/mol. The van der Waals surface area contributed by atoms with Crippen LogP contribution in [-0.4, -0.2) is 26.7 Å². The minimum Gasteiger partial charge on any atom is -0.320 e. The standard InChI is InChI=1S/C16H28N2/c1-13-7-8-15(11-14(13)2)16(3,4)12-18-10-6-9-17-5/h7-8,11,17-18H,6,9-10,12H2,1-5H3. The van der Waals surface area contributed by atoms with Gasteiger partial charge in [-0.3, -0.25) is 0 Å². The van der Waals surface area contributed by atoms with E-state index in [4.69, 9.17) is 0 Å². The molecule has 0 atom stereocenters. The molecule has 0 spiro atoms. The third-order valence-electron chi connectivity index (χ3n) is 3.64. The zero-order chi connectivity index (χ0) is 13.6. The molecule has 0 aromatic heterocycles. The van der Waals surface area contributed by atoms with Gasteiger partial charge in [-0.05, 0) is 57.1 Å². The first-order chi connectivity index (χ1) is 8.47. The molecule has 2 heteroatoms. The molecule has 2 nitrogen and oxygen atoms in total. The highest BCUT2D eigenvalue weighted by atomic mass is 14.9. The van der Waals surface area contributed by atoms with Crippen molar-refractivity contribution in [1.82, 2.24) is 10.6 Å². The summed E-state index contributed by atoms with van der Waals surface area (Å²) in [5.41, 5.74) is 4.37. The molecule has 0 radical (unpaired) electrons. The zero-order valence-corrected chi connectivity index (χ0v) is 12.6. The molecule has 0 bridgehead atoms. The molecule has 0 saturated heterocycles. The van der Waals surface area contributed by atoms with Crippen LogP contribution in [0.5, 0.6) is 0 Å². The second-order valence-corrected chi connectivity index (χ2v) is 5.82. The van der Waals surface area contributed by atoms with Crippen molar-refractivity contribution in [1.29, 1.82) is 0 Å². The highest BCUT2D eigenvalue weighted by Crippen LogP contribution is 2.24. The largest absolute Gasteiger partial charge is 0.320 e. The second kappa shape index (κ2) is 6.91. The number of benzene rings is 1. The van der Waals surface area contributed by atoms with Crippen LogP contribution in [-0.2, 0) is 5.41 Å². The number of nitrogens with one attached hydrogen (secondary N) is 2. The summed E-state index contributed by atoms with van der Waals surface area (Å²) >= 11 is 0. The van der Waals surface area contributed by atoms with Gasteiger partial charge >= 0.3 is 0 Å². The van der Waals surface area contributed by atoms with E-state index in [2.05, 4.69) is 56.5 Å². The molecule has 0 aliphatic rings. The lowest BCUT2D eigenvalue weighted by Crippen LogP contribution is -2.34. The number of hydrogen-bond acceptors (Lipinski definition) is 2. The molecule has 18 heavy (non-hydrogen) atoms. The Balaban J connectivity index is 2.54. The molecule has 0 fully saturated rings. The van der Waals surface area contributed by atoms with Gasteiger partial charge in [-0.2, -0.15) is 0 Å². The number of rotatable bonds is 7. The van der Waals surface area contributed by atoms with Crippen LogP contribution >= 0.6 is 0 Å². The summed E-state index contributed by atoms with van der Waals surface area (Å²) in [6.45, 7) is 12.2. The van der Waals surface area contributed by atoms with Gasteiger partial charge < -0.3 is 10.6 Å². The summed E-state index contributed by atoms with van der Waals surface area (Å²) < 4.78 is 0. The molecular formula is C16H28N2. The van der Waals surface area contributed by atoms with Gasteiger partial charge in [0.05, 0.1) is 0 Å². The van der Waals surface area contributed by atoms with Crippen molar-refractivity contribution in [2.24, 2.45) is 0 Å². The molecular weight excluding hydrogens is 220 g/mol. The Morgan fingerprint density at radius 3 is 2.39 bits per heavy atom. The first kappa shape index (κ1) is 15.2. The minimum absolute atomic E-state index is 0.193. The third kappa shape index (κ3) is 4.43. The van der Waals surface area contributed by atoms with E-state index in [1.807, 2.05) is 7.05 Å². The monoisotopic (exact) mass is 248 g/mol. The first-order valence-corrected chi connectivity index (χ1v) is 6.90. The van der Waals surface area contributed by atoms with Gasteiger partial charge in [0, 0.05) is 12.0 Å². The fourth-order valence-electron chi connectivity index (χ4n) is 2.06. The van der Waals surface area contributed by atoms with E-state index in [1.165, 1.54) is 23.1 Å². The average Bonchev–Trinajstić information content (AvgIpc) is 2.32. The SMILES string of the molecule is CNCCCNCC(C)(C)c1ccc(C)c(C)c1. The maximum atomic E-state index is 3.55. The molecule has 0 unspecified atom stereocenters. The van der Waals surface area contributed by atoms with E-state index in [0.717, 1.165) is 19.6 Å². The van der Waals surface area contributed by atoms with Crippen molar-refractivity contribution in [2.75, 3.05) is 26.7 Å². The van der Waals surface area contributed by atoms with Crippen LogP contribution in [0.1, 0.15) is 37.0 Å². The maximum Gasteiger partial charge on any atom is 0.00431 e. The Morgan fingerprint density at radius 2 is 1.78 bits per heavy atom. The van der Waals surface area contributed by atoms with Crippen molar-refractivity contribution in [3.8, 4) is 0 Å². The molecule has 1 aromatic carbocycles. The third-order valence-corrected chi connectivity index (χ3v) is 3.64. The topological polar surface area (TPSA) is 24.1 Å². The van der Waals surface area contributed by atoms with Gasteiger partial charge in [-0.15, -0.1) is 0 Å². The molecule has 0 aliphatic carbocycles. The van der Waals surface area contributed by atoms with E-state index < -0.39 is 0 Å². The predicted octanol–water partition coefficient (Wildman–Crippen LogP) is 2.78. The first-order valence-electron chi connectivity index (χ1n) is 6.90. The lowest BCUT2D eigenvalue weighted by molar-refractivity contribution is 0.464. The van der Waals surface area contributed by atoms with Crippen molar-refractivity contribution < 1.29 is 0 Å². The van der Waals surface area contributed by atoms with Gasteiger partial charge in [0.2, 0.25) is 0 Å². The highest BCUT2D eigenvalue weighted by Gasteiger charge is 2.20. The van der Waals surface area contributed by atoms with Crippen molar-refractivity contribution in [3.63, 3.8) is 0 Å². The molecule has 102 valence electrons. The average molecular weight is 248 g/mol. The normalized spacial score (nSPS) is 11.8. The Labute approximate surface area is 112 Å². The molecule has 0 amide bonds. The van der Waals surface area contributed by atoms with Crippen LogP contribution in [0, 0.1) is 13.8 Å². The lowest BCUT2D eigenvalue weighted by atomic mass is 9.83. The van der Waals surface area contributed by atoms with Crippen molar-refractivity contribution in [2.45, 2.75) is 39.5 Å². The summed E-state index contributed by atoms with van der Waals surface area (Å²) in [6, 6.07) is 6.82. The van der Waals surface area contributed by atoms with Crippen LogP contribution in [0.2, 0.25) is 0 Å². The summed E-state index contributed by atoms with van der Waals surface area (Å²) in [6.07, 6.45) is 1.18. The van der Waals surface area contributed by atoms with Gasteiger partial charge in [0.1, 0.15) is 0 Å². The van der Waals surface area contributed by atoms with Crippen LogP contribution in [0.25, 0.3) is 0 Å². The fraction of sp³-hybridized carbons (Fsp3) is 0.625. The fourth-order valence-corrected chi connectivity index (χ4v) is 2.06. The quantitative estimate of drug-likeness (QED) is 0.725. The van der Waals surface area contributed by atoms with Gasteiger partial charge in [0.25, 0.3) is 0 Å². The number of hydrogen-bond donors (Lipinski definition) is 2. The number of aryl methyl sites for hydroxylation is 2. The van der Waals surface area contributed by atoms with Crippen molar-refractivity contribution in [3.05, 3.63) is 34.9 Å². The Kier molecular flexibility index (Phi) is 5.83. The van der Waals surface area contributed by atoms with Crippen LogP contribution in [0.15, 0.2) is 18.2 Å². The molecule has 0 heterocycles. The molecule has 0 aliphatic heterocycles. The summed E-state index contributed by atoms with van der Waals surface area (Å²) in [5.74, 6) is 0. The van der Waals surface area contributed by atoms with E-state index in [-0.39, 0.29) is 5.41 Å². The van der Waals surface area contributed by atoms with Crippen LogP contribution < -0.4 is 10.6 Å². The van der Waals surface area contributed by atoms with E-state index in [9.17, 15) is 0 Å². The van der Waals surface area contributed by atoms with Crippen molar-refractivity contribution >= 4 is 0 Å². The van der Waals surface area contributed by atoms with Gasteiger partial charge in [-0.25, -0.2) is 0 Å². The van der Waals surface area contributed by atoms with Crippen LogP contribution in [0.4, 0.5) is 0 Å². The highest BCUT2D eigenvalue weighted by molar-refractivity contribution is 5.34. The van der Waals surface area contributed by atoms with Crippen LogP contribution in [0.3, 0.4) is 0 Å². The van der Waals surface area contributed by atoms with E-state index in [1.54, 1.807) is 0 Å². The second-order valence-electron chi connectivity index (χ2n) is 5.82. The zero-order valence-electron chi connectivity index (χ0n) is 12.6. The smallest absolute Gasteiger partial charge is 0.00431 e. The lowest BCUT2D eigenvalue weighted by Gasteiger charge is -2.26. The molecule has 2 N–H and O–H groups in total. The molecule has 1 aromatic rings. The Bertz CT molecular complexity index is 369. The minimum atomic E-state index is 0.193. The molecule has 1 rings (SSSR count). The maximum absolute atomic E-state index is 3.55. The summed E-state index contributed by atoms with van der Waals surface area (Å²) in [7, 11) is 2.00. The van der Waals surface area contributed by atoms with E-state index >= 15 is 0 Å². The van der Waals surface area contributed by atoms with Gasteiger partial charge in [0.15, 0.2) is 0 Å². The summed E-state index contributed by atoms with van der Waals surface area (Å²) in [4.78, 5) is 0. The Hall–Kier alpha value is -0.860. The Morgan fingerprint density at radius 1 is 1.06 bits per heavy atom. The summed E-state index contributed by atoms with van der Waals surface area (Å²) in [5, 5.41) is 6.72. The van der Waals surface area contributed by atoms with E-state index in [0.29, 0.717) is 0 Å². The van der Waals surface area contributed by atoms with Gasteiger partial charge in [-0.1, -0.05) is 32.0 Å².